The van der Waals surface area contributed by atoms with E-state index in [1.807, 2.05) is 18.2 Å². The summed E-state index contributed by atoms with van der Waals surface area (Å²) in [7, 11) is 0. The molecule has 1 heterocycles. The Balaban J connectivity index is 1.41. The second-order valence-corrected chi connectivity index (χ2v) is 7.91. The quantitative estimate of drug-likeness (QED) is 0.271. The average Bonchev–Trinajstić information content (AvgIpc) is 2.79. The number of carbonyl (C=O) groups excluding carboxylic acids is 1. The molecule has 2 aromatic carbocycles. The number of allylic oxidation sites excluding steroid dienone is 1. The van der Waals surface area contributed by atoms with Crippen LogP contribution in [0.25, 0.3) is 0 Å². The van der Waals surface area contributed by atoms with Crippen LogP contribution in [0.1, 0.15) is 49.4 Å². The van der Waals surface area contributed by atoms with E-state index < -0.39 is 0 Å². The van der Waals surface area contributed by atoms with E-state index in [0.29, 0.717) is 0 Å². The van der Waals surface area contributed by atoms with E-state index in [2.05, 4.69) is 52.8 Å². The SMILES string of the molecule is C=CCCCCCCOc1ccc(N2CCN(c3ccc(C(C)=O)cc3)CC2)cc1. The van der Waals surface area contributed by atoms with Crippen molar-refractivity contribution in [3.8, 4) is 5.75 Å². The highest BCUT2D eigenvalue weighted by Crippen LogP contribution is 2.23. The Hall–Kier alpha value is -2.75. The van der Waals surface area contributed by atoms with Crippen LogP contribution in [0.2, 0.25) is 0 Å². The summed E-state index contributed by atoms with van der Waals surface area (Å²) in [6, 6.07) is 16.4. The highest BCUT2D eigenvalue weighted by atomic mass is 16.5. The molecular formula is C26H34N2O2. The van der Waals surface area contributed by atoms with Crippen molar-refractivity contribution in [2.45, 2.75) is 39.0 Å². The first-order valence-electron chi connectivity index (χ1n) is 11.1. The topological polar surface area (TPSA) is 32.8 Å². The van der Waals surface area contributed by atoms with Crippen molar-refractivity contribution in [1.82, 2.24) is 0 Å². The van der Waals surface area contributed by atoms with Crippen molar-refractivity contribution in [2.24, 2.45) is 0 Å². The lowest BCUT2D eigenvalue weighted by Gasteiger charge is -2.37. The maximum atomic E-state index is 11.4. The maximum absolute atomic E-state index is 11.4. The van der Waals surface area contributed by atoms with Crippen molar-refractivity contribution in [3.63, 3.8) is 0 Å². The van der Waals surface area contributed by atoms with Crippen molar-refractivity contribution in [1.29, 1.82) is 0 Å². The van der Waals surface area contributed by atoms with Gasteiger partial charge in [0.1, 0.15) is 5.75 Å². The van der Waals surface area contributed by atoms with Crippen molar-refractivity contribution in [2.75, 3.05) is 42.6 Å². The number of carbonyl (C=O) groups is 1. The molecule has 1 aliphatic heterocycles. The monoisotopic (exact) mass is 406 g/mol. The third-order valence-corrected chi connectivity index (χ3v) is 5.69. The Kier molecular flexibility index (Phi) is 8.37. The van der Waals surface area contributed by atoms with Crippen LogP contribution in [0.4, 0.5) is 11.4 Å². The Bertz CT molecular complexity index is 791. The number of ether oxygens (including phenoxy) is 1. The zero-order valence-electron chi connectivity index (χ0n) is 18.2. The van der Waals surface area contributed by atoms with Crippen molar-refractivity contribution in [3.05, 3.63) is 66.7 Å². The van der Waals surface area contributed by atoms with Gasteiger partial charge in [0.15, 0.2) is 5.78 Å². The molecule has 160 valence electrons. The summed E-state index contributed by atoms with van der Waals surface area (Å²) in [5, 5.41) is 0. The molecule has 1 saturated heterocycles. The van der Waals surface area contributed by atoms with Gasteiger partial charge in [-0.25, -0.2) is 0 Å². The largest absolute Gasteiger partial charge is 0.494 e. The number of unbranched alkanes of at least 4 members (excludes halogenated alkanes) is 4. The Morgan fingerprint density at radius 1 is 0.867 bits per heavy atom. The molecule has 0 saturated carbocycles. The van der Waals surface area contributed by atoms with Gasteiger partial charge < -0.3 is 14.5 Å². The summed E-state index contributed by atoms with van der Waals surface area (Å²) < 4.78 is 5.89. The third kappa shape index (κ3) is 6.38. The minimum atomic E-state index is 0.113. The first-order valence-corrected chi connectivity index (χ1v) is 11.1. The van der Waals surface area contributed by atoms with Gasteiger partial charge >= 0.3 is 0 Å². The molecule has 0 radical (unpaired) electrons. The second kappa shape index (κ2) is 11.4. The average molecular weight is 407 g/mol. The van der Waals surface area contributed by atoms with Crippen LogP contribution < -0.4 is 14.5 Å². The summed E-state index contributed by atoms with van der Waals surface area (Å²) in [6.07, 6.45) is 7.91. The molecule has 0 spiro atoms. The minimum Gasteiger partial charge on any atom is -0.494 e. The van der Waals surface area contributed by atoms with E-state index in [0.717, 1.165) is 56.9 Å². The van der Waals surface area contributed by atoms with E-state index in [1.165, 1.54) is 30.6 Å². The second-order valence-electron chi connectivity index (χ2n) is 7.91. The number of anilines is 2. The Labute approximate surface area is 181 Å². The third-order valence-electron chi connectivity index (χ3n) is 5.69. The summed E-state index contributed by atoms with van der Waals surface area (Å²) in [4.78, 5) is 16.2. The molecule has 0 amide bonds. The highest BCUT2D eigenvalue weighted by molar-refractivity contribution is 5.94. The van der Waals surface area contributed by atoms with Gasteiger partial charge in [-0.05, 0) is 74.7 Å². The fourth-order valence-corrected chi connectivity index (χ4v) is 3.82. The van der Waals surface area contributed by atoms with Gasteiger partial charge in [-0.3, -0.25) is 4.79 Å². The van der Waals surface area contributed by atoms with Gasteiger partial charge in [0, 0.05) is 43.1 Å². The fourth-order valence-electron chi connectivity index (χ4n) is 3.82. The lowest BCUT2D eigenvalue weighted by Crippen LogP contribution is -2.46. The maximum Gasteiger partial charge on any atom is 0.159 e. The van der Waals surface area contributed by atoms with Crippen molar-refractivity contribution < 1.29 is 9.53 Å². The summed E-state index contributed by atoms with van der Waals surface area (Å²) in [5.41, 5.74) is 3.21. The van der Waals surface area contributed by atoms with E-state index in [1.54, 1.807) is 6.92 Å². The molecule has 2 aromatic rings. The van der Waals surface area contributed by atoms with Crippen LogP contribution in [0.15, 0.2) is 61.2 Å². The Morgan fingerprint density at radius 2 is 1.40 bits per heavy atom. The first-order chi connectivity index (χ1) is 14.7. The Morgan fingerprint density at radius 3 is 1.93 bits per heavy atom. The summed E-state index contributed by atoms with van der Waals surface area (Å²) in [5.74, 6) is 1.07. The van der Waals surface area contributed by atoms with Gasteiger partial charge in [0.05, 0.1) is 6.61 Å². The molecular weight excluding hydrogens is 372 g/mol. The van der Waals surface area contributed by atoms with Crippen LogP contribution in [0.3, 0.4) is 0 Å². The lowest BCUT2D eigenvalue weighted by atomic mass is 10.1. The molecule has 0 atom stereocenters. The van der Waals surface area contributed by atoms with Gasteiger partial charge in [-0.1, -0.05) is 18.9 Å². The molecule has 3 rings (SSSR count). The molecule has 1 aliphatic rings. The van der Waals surface area contributed by atoms with Crippen LogP contribution in [-0.2, 0) is 0 Å². The normalized spacial score (nSPS) is 13.9. The number of hydrogen-bond acceptors (Lipinski definition) is 4. The number of rotatable bonds is 11. The minimum absolute atomic E-state index is 0.113. The number of nitrogens with zero attached hydrogens (tertiary/aromatic N) is 2. The van der Waals surface area contributed by atoms with Crippen LogP contribution in [0, 0.1) is 0 Å². The molecule has 1 fully saturated rings. The molecule has 30 heavy (non-hydrogen) atoms. The first kappa shape index (κ1) is 21.9. The van der Waals surface area contributed by atoms with Gasteiger partial charge in [0.2, 0.25) is 0 Å². The van der Waals surface area contributed by atoms with Crippen LogP contribution in [-0.4, -0.2) is 38.6 Å². The fraction of sp³-hybridized carbons (Fsp3) is 0.423. The standard InChI is InChI=1S/C26H34N2O2/c1-3-4-5-6-7-8-21-30-26-15-13-25(14-16-26)28-19-17-27(18-20-28)24-11-9-23(10-12-24)22(2)29/h3,9-16H,1,4-8,17-21H2,2H3. The predicted molar refractivity (Wildman–Crippen MR) is 126 cm³/mol. The summed E-state index contributed by atoms with van der Waals surface area (Å²) >= 11 is 0. The molecule has 0 aliphatic carbocycles. The van der Waals surface area contributed by atoms with Gasteiger partial charge in [-0.2, -0.15) is 0 Å². The molecule has 4 nitrogen and oxygen atoms in total. The van der Waals surface area contributed by atoms with Gasteiger partial charge in [0.25, 0.3) is 0 Å². The number of Topliss-reactive ketones (excluding diaryl/α,β-unsaturated/α-hetero) is 1. The zero-order valence-corrected chi connectivity index (χ0v) is 18.2. The number of benzene rings is 2. The number of ketones is 1. The molecule has 0 aromatic heterocycles. The van der Waals surface area contributed by atoms with Crippen LogP contribution in [0.5, 0.6) is 5.75 Å². The molecule has 0 unspecified atom stereocenters. The van der Waals surface area contributed by atoms with E-state index in [9.17, 15) is 4.79 Å². The van der Waals surface area contributed by atoms with Gasteiger partial charge in [-0.15, -0.1) is 6.58 Å². The summed E-state index contributed by atoms with van der Waals surface area (Å²) in [6.45, 7) is 10.1. The zero-order chi connectivity index (χ0) is 21.2. The molecule has 4 heteroatoms. The predicted octanol–water partition coefficient (Wildman–Crippen LogP) is 5.73. The molecule has 0 N–H and O–H groups in total. The van der Waals surface area contributed by atoms with E-state index in [4.69, 9.17) is 4.74 Å². The smallest absolute Gasteiger partial charge is 0.159 e. The van der Waals surface area contributed by atoms with Crippen LogP contribution >= 0.6 is 0 Å². The number of hydrogen-bond donors (Lipinski definition) is 0. The highest BCUT2D eigenvalue weighted by Gasteiger charge is 2.17. The van der Waals surface area contributed by atoms with E-state index in [-0.39, 0.29) is 5.78 Å². The lowest BCUT2D eigenvalue weighted by molar-refractivity contribution is 0.101. The van der Waals surface area contributed by atoms with E-state index >= 15 is 0 Å². The van der Waals surface area contributed by atoms with Crippen molar-refractivity contribution >= 4 is 17.2 Å². The molecule has 0 bridgehead atoms. The number of piperazine rings is 1.